The Hall–Kier alpha value is -3.69. The highest BCUT2D eigenvalue weighted by atomic mass is 16.3. The number of primary amides is 1. The Bertz CT molecular complexity index is 1260. The van der Waals surface area contributed by atoms with E-state index in [4.69, 9.17) is 5.73 Å². The first kappa shape index (κ1) is 20.6. The molecule has 1 aliphatic carbocycles. The molecule has 1 aliphatic rings. The first-order valence-corrected chi connectivity index (χ1v) is 9.97. The first-order valence-electron chi connectivity index (χ1n) is 9.97. The quantitative estimate of drug-likeness (QED) is 0.563. The van der Waals surface area contributed by atoms with Crippen LogP contribution in [-0.2, 0) is 6.54 Å². The van der Waals surface area contributed by atoms with Crippen molar-refractivity contribution in [2.45, 2.75) is 46.2 Å². The molecule has 31 heavy (non-hydrogen) atoms. The van der Waals surface area contributed by atoms with Crippen LogP contribution in [0.1, 0.15) is 54.3 Å². The fourth-order valence-corrected chi connectivity index (χ4v) is 3.42. The maximum atomic E-state index is 13.3. The van der Waals surface area contributed by atoms with Crippen molar-refractivity contribution in [3.05, 3.63) is 46.0 Å². The molecule has 3 aromatic heterocycles. The van der Waals surface area contributed by atoms with Gasteiger partial charge in [-0.3, -0.25) is 23.9 Å². The molecule has 2 amide bonds. The van der Waals surface area contributed by atoms with Gasteiger partial charge in [-0.2, -0.15) is 9.61 Å². The largest absolute Gasteiger partial charge is 0.492 e. The van der Waals surface area contributed by atoms with E-state index >= 15 is 0 Å². The van der Waals surface area contributed by atoms with Crippen LogP contribution in [0.4, 0.5) is 0 Å². The lowest BCUT2D eigenvalue weighted by atomic mass is 9.96. The number of rotatable bonds is 5. The standard InChI is InChI=1S/C21H24N6O4/c1-21(2,3)10-26-15-8-14(13-9-23-7-6-12(13)17(22)28)25-27(15)20(31)16(19(26)30)18(29)24-11-4-5-11/h6-9,11,31H,4-5,10H2,1-3H3,(H2,22,28)(H,24,29). The summed E-state index contributed by atoms with van der Waals surface area (Å²) >= 11 is 0. The van der Waals surface area contributed by atoms with Gasteiger partial charge in [0, 0.05) is 36.6 Å². The highest BCUT2D eigenvalue weighted by Gasteiger charge is 2.30. The summed E-state index contributed by atoms with van der Waals surface area (Å²) < 4.78 is 2.56. The Labute approximate surface area is 177 Å². The smallest absolute Gasteiger partial charge is 0.270 e. The molecule has 0 bridgehead atoms. The molecule has 0 unspecified atom stereocenters. The SMILES string of the molecule is CC(C)(C)Cn1c(=O)c(C(=O)NC2CC2)c(O)n2nc(-c3cnccc3C(N)=O)cc12. The molecular weight excluding hydrogens is 400 g/mol. The lowest BCUT2D eigenvalue weighted by molar-refractivity contribution is 0.0943. The summed E-state index contributed by atoms with van der Waals surface area (Å²) in [6.45, 7) is 6.14. The number of amides is 2. The summed E-state index contributed by atoms with van der Waals surface area (Å²) in [7, 11) is 0. The zero-order valence-electron chi connectivity index (χ0n) is 17.5. The van der Waals surface area contributed by atoms with E-state index in [0.29, 0.717) is 11.3 Å². The number of nitrogens with zero attached hydrogens (tertiary/aromatic N) is 4. The van der Waals surface area contributed by atoms with Crippen LogP contribution in [0.2, 0.25) is 0 Å². The second kappa shape index (κ2) is 7.22. The third-order valence-corrected chi connectivity index (χ3v) is 4.98. The number of nitrogens with two attached hydrogens (primary N) is 1. The molecule has 0 atom stereocenters. The lowest BCUT2D eigenvalue weighted by Gasteiger charge is -2.21. The van der Waals surface area contributed by atoms with Gasteiger partial charge >= 0.3 is 0 Å². The van der Waals surface area contributed by atoms with E-state index in [2.05, 4.69) is 15.4 Å². The van der Waals surface area contributed by atoms with E-state index in [1.807, 2.05) is 20.8 Å². The van der Waals surface area contributed by atoms with Gasteiger partial charge in [-0.05, 0) is 24.3 Å². The van der Waals surface area contributed by atoms with Gasteiger partial charge in [-0.15, -0.1) is 0 Å². The summed E-state index contributed by atoms with van der Waals surface area (Å²) in [5, 5.41) is 17.9. The summed E-state index contributed by atoms with van der Waals surface area (Å²) in [5.41, 5.74) is 5.34. The summed E-state index contributed by atoms with van der Waals surface area (Å²) in [4.78, 5) is 41.9. The second-order valence-corrected chi connectivity index (χ2v) is 8.98. The fraction of sp³-hybridized carbons (Fsp3) is 0.381. The van der Waals surface area contributed by atoms with E-state index in [0.717, 1.165) is 17.4 Å². The average molecular weight is 424 g/mol. The van der Waals surface area contributed by atoms with E-state index in [1.165, 1.54) is 23.0 Å². The van der Waals surface area contributed by atoms with Gasteiger partial charge in [-0.25, -0.2) is 0 Å². The van der Waals surface area contributed by atoms with Crippen LogP contribution in [0.25, 0.3) is 16.9 Å². The van der Waals surface area contributed by atoms with Crippen molar-refractivity contribution >= 4 is 17.5 Å². The van der Waals surface area contributed by atoms with Gasteiger partial charge < -0.3 is 16.2 Å². The number of carbonyl (C=O) groups excluding carboxylic acids is 2. The Kier molecular flexibility index (Phi) is 4.79. The number of hydrogen-bond donors (Lipinski definition) is 3. The number of hydrogen-bond acceptors (Lipinski definition) is 6. The number of fused-ring (bicyclic) bond motifs is 1. The topological polar surface area (TPSA) is 145 Å². The minimum Gasteiger partial charge on any atom is -0.492 e. The molecule has 0 saturated heterocycles. The van der Waals surface area contributed by atoms with Crippen LogP contribution in [0, 0.1) is 5.41 Å². The molecule has 3 aromatic rings. The Morgan fingerprint density at radius 2 is 2.03 bits per heavy atom. The number of carbonyl (C=O) groups is 2. The molecule has 0 radical (unpaired) electrons. The molecule has 4 rings (SSSR count). The molecule has 0 spiro atoms. The second-order valence-electron chi connectivity index (χ2n) is 8.98. The third-order valence-electron chi connectivity index (χ3n) is 4.98. The molecule has 3 heterocycles. The van der Waals surface area contributed by atoms with Crippen molar-refractivity contribution in [3.63, 3.8) is 0 Å². The molecule has 0 aromatic carbocycles. The van der Waals surface area contributed by atoms with Gasteiger partial charge in [0.05, 0.1) is 11.3 Å². The monoisotopic (exact) mass is 424 g/mol. The van der Waals surface area contributed by atoms with Crippen LogP contribution >= 0.6 is 0 Å². The van der Waals surface area contributed by atoms with E-state index < -0.39 is 23.3 Å². The molecule has 1 fully saturated rings. The average Bonchev–Trinajstić information content (AvgIpc) is 3.38. The van der Waals surface area contributed by atoms with Crippen LogP contribution < -0.4 is 16.6 Å². The highest BCUT2D eigenvalue weighted by molar-refractivity contribution is 5.99. The van der Waals surface area contributed by atoms with Crippen molar-refractivity contribution in [2.75, 3.05) is 0 Å². The van der Waals surface area contributed by atoms with E-state index in [9.17, 15) is 19.5 Å². The highest BCUT2D eigenvalue weighted by Crippen LogP contribution is 2.28. The van der Waals surface area contributed by atoms with Crippen molar-refractivity contribution in [2.24, 2.45) is 11.1 Å². The minimum absolute atomic E-state index is 0.0137. The number of nitrogens with one attached hydrogen (secondary N) is 1. The fourth-order valence-electron chi connectivity index (χ4n) is 3.42. The van der Waals surface area contributed by atoms with Crippen LogP contribution in [0.5, 0.6) is 5.88 Å². The van der Waals surface area contributed by atoms with Crippen molar-refractivity contribution in [3.8, 4) is 17.1 Å². The summed E-state index contributed by atoms with van der Waals surface area (Å²) in [6, 6.07) is 3.05. The Morgan fingerprint density at radius 3 is 2.65 bits per heavy atom. The van der Waals surface area contributed by atoms with Gasteiger partial charge in [-0.1, -0.05) is 20.8 Å². The van der Waals surface area contributed by atoms with E-state index in [-0.39, 0.29) is 34.8 Å². The molecule has 0 aliphatic heterocycles. The predicted octanol–water partition coefficient (Wildman–Crippen LogP) is 1.30. The molecular formula is C21H24N6O4. The number of aromatic hydroxyl groups is 1. The maximum absolute atomic E-state index is 13.3. The summed E-state index contributed by atoms with van der Waals surface area (Å²) in [5.74, 6) is -1.85. The van der Waals surface area contributed by atoms with Gasteiger partial charge in [0.2, 0.25) is 11.8 Å². The molecule has 162 valence electrons. The third kappa shape index (κ3) is 3.88. The van der Waals surface area contributed by atoms with E-state index in [1.54, 1.807) is 6.07 Å². The molecule has 10 heteroatoms. The van der Waals surface area contributed by atoms with Crippen molar-refractivity contribution in [1.29, 1.82) is 0 Å². The summed E-state index contributed by atoms with van der Waals surface area (Å²) in [6.07, 6.45) is 4.56. The zero-order valence-corrected chi connectivity index (χ0v) is 17.5. The van der Waals surface area contributed by atoms with Gasteiger partial charge in [0.1, 0.15) is 5.65 Å². The van der Waals surface area contributed by atoms with Crippen LogP contribution in [0.15, 0.2) is 29.3 Å². The van der Waals surface area contributed by atoms with Crippen LogP contribution in [-0.4, -0.2) is 42.1 Å². The maximum Gasteiger partial charge on any atom is 0.270 e. The normalized spacial score (nSPS) is 14.0. The van der Waals surface area contributed by atoms with Crippen LogP contribution in [0.3, 0.4) is 0 Å². The zero-order chi connectivity index (χ0) is 22.5. The first-order chi connectivity index (χ1) is 14.6. The minimum atomic E-state index is -0.657. The van der Waals surface area contributed by atoms with Crippen molar-refractivity contribution < 1.29 is 14.7 Å². The Balaban J connectivity index is 1.98. The molecule has 4 N–H and O–H groups in total. The van der Waals surface area contributed by atoms with Gasteiger partial charge in [0.25, 0.3) is 11.5 Å². The molecule has 10 nitrogen and oxygen atoms in total. The Morgan fingerprint density at radius 1 is 1.32 bits per heavy atom. The molecule has 1 saturated carbocycles. The van der Waals surface area contributed by atoms with Gasteiger partial charge in [0.15, 0.2) is 5.56 Å². The van der Waals surface area contributed by atoms with Crippen molar-refractivity contribution in [1.82, 2.24) is 24.5 Å². The number of aromatic nitrogens is 4. The predicted molar refractivity (Wildman–Crippen MR) is 113 cm³/mol. The number of pyridine rings is 1. The lowest BCUT2D eigenvalue weighted by Crippen LogP contribution is -2.37.